The molecule has 0 saturated heterocycles. The van der Waals surface area contributed by atoms with Crippen LogP contribution in [0.1, 0.15) is 38.5 Å². The first-order chi connectivity index (χ1) is 7.95. The Morgan fingerprint density at radius 2 is 2.12 bits per heavy atom. The zero-order chi connectivity index (χ0) is 12.6. The maximum Gasteiger partial charge on any atom is 0.243 e. The summed E-state index contributed by atoms with van der Waals surface area (Å²) in [6.07, 6.45) is 3.58. The van der Waals surface area contributed by atoms with Gasteiger partial charge in [-0.2, -0.15) is 0 Å². The van der Waals surface area contributed by atoms with Gasteiger partial charge in [0.1, 0.15) is 5.54 Å². The molecule has 17 heavy (non-hydrogen) atoms. The highest BCUT2D eigenvalue weighted by atomic mass is 16.4. The van der Waals surface area contributed by atoms with Gasteiger partial charge < -0.3 is 15.2 Å². The van der Waals surface area contributed by atoms with E-state index in [-0.39, 0.29) is 11.5 Å². The Morgan fingerprint density at radius 3 is 2.53 bits per heavy atom. The molecule has 6 heteroatoms. The van der Waals surface area contributed by atoms with Gasteiger partial charge in [0, 0.05) is 18.8 Å². The minimum atomic E-state index is -0.346. The highest BCUT2D eigenvalue weighted by Gasteiger charge is 2.53. The molecule has 1 aliphatic rings. The molecule has 6 nitrogen and oxygen atoms in total. The first-order valence-corrected chi connectivity index (χ1v) is 5.77. The van der Waals surface area contributed by atoms with Crippen LogP contribution in [0.2, 0.25) is 0 Å². The van der Waals surface area contributed by atoms with Crippen molar-refractivity contribution in [1.82, 2.24) is 15.2 Å². The fourth-order valence-electron chi connectivity index (χ4n) is 1.62. The second-order valence-corrected chi connectivity index (χ2v) is 4.85. The molecule has 0 amide bonds. The third kappa shape index (κ3) is 2.12. The highest BCUT2D eigenvalue weighted by Crippen LogP contribution is 2.49. The van der Waals surface area contributed by atoms with Gasteiger partial charge in [-0.25, -0.2) is 5.84 Å². The Balaban J connectivity index is 2.20. The Morgan fingerprint density at radius 1 is 1.47 bits per heavy atom. The van der Waals surface area contributed by atoms with Crippen molar-refractivity contribution < 1.29 is 4.42 Å². The third-order valence-corrected chi connectivity index (χ3v) is 3.10. The van der Waals surface area contributed by atoms with Gasteiger partial charge in [-0.3, -0.25) is 0 Å². The van der Waals surface area contributed by atoms with E-state index in [4.69, 9.17) is 16.0 Å². The number of hydrogen-bond acceptors (Lipinski definition) is 6. The molecule has 0 spiro atoms. The van der Waals surface area contributed by atoms with Crippen LogP contribution in [-0.2, 0) is 5.54 Å². The number of hydrogen-bond donors (Lipinski definition) is 2. The van der Waals surface area contributed by atoms with E-state index in [1.54, 1.807) is 18.1 Å². The van der Waals surface area contributed by atoms with E-state index in [1.807, 2.05) is 13.8 Å². The Labute approximate surface area is 101 Å². The maximum absolute atomic E-state index is 6.04. The predicted molar refractivity (Wildman–Crippen MR) is 63.1 cm³/mol. The third-order valence-electron chi connectivity index (χ3n) is 3.10. The summed E-state index contributed by atoms with van der Waals surface area (Å²) in [5, 5.41) is 9.49. The van der Waals surface area contributed by atoms with Crippen LogP contribution >= 0.6 is 0 Å². The van der Waals surface area contributed by atoms with Crippen molar-refractivity contribution in [3.8, 4) is 0 Å². The van der Waals surface area contributed by atoms with Crippen molar-refractivity contribution in [3.63, 3.8) is 0 Å². The van der Waals surface area contributed by atoms with Crippen LogP contribution in [0.5, 0.6) is 0 Å². The van der Waals surface area contributed by atoms with E-state index >= 15 is 0 Å². The molecule has 0 radical (unpaired) electrons. The lowest BCUT2D eigenvalue weighted by molar-refractivity contribution is 0.214. The van der Waals surface area contributed by atoms with E-state index < -0.39 is 0 Å². The number of allylic oxidation sites excluding steroid dienone is 1. The summed E-state index contributed by atoms with van der Waals surface area (Å²) in [5.41, 5.74) is 6.30. The zero-order valence-corrected chi connectivity index (χ0v) is 10.5. The van der Waals surface area contributed by atoms with Gasteiger partial charge in [0.2, 0.25) is 11.8 Å². The molecule has 0 unspecified atom stereocenters. The summed E-state index contributed by atoms with van der Waals surface area (Å²) in [7, 11) is 0. The second kappa shape index (κ2) is 4.03. The van der Waals surface area contributed by atoms with Crippen molar-refractivity contribution in [2.75, 3.05) is 0 Å². The van der Waals surface area contributed by atoms with E-state index in [0.717, 1.165) is 18.5 Å². The average Bonchev–Trinajstić information content (AvgIpc) is 2.96. The summed E-state index contributed by atoms with van der Waals surface area (Å²) in [6.45, 7) is 5.82. The molecule has 1 fully saturated rings. The largest absolute Gasteiger partial charge is 0.423 e. The number of nitrogens with zero attached hydrogens (tertiary/aromatic N) is 3. The van der Waals surface area contributed by atoms with Crippen LogP contribution in [-0.4, -0.2) is 15.2 Å². The van der Waals surface area contributed by atoms with Gasteiger partial charge in [0.05, 0.1) is 0 Å². The lowest BCUT2D eigenvalue weighted by Gasteiger charge is -2.24. The summed E-state index contributed by atoms with van der Waals surface area (Å²) in [5.74, 6) is 7.44. The molecule has 4 N–H and O–H groups in total. The molecule has 1 heterocycles. The molecule has 94 valence electrons. The molecule has 1 aromatic heterocycles. The van der Waals surface area contributed by atoms with E-state index in [1.165, 1.54) is 0 Å². The minimum absolute atomic E-state index is 0.265. The van der Waals surface area contributed by atoms with E-state index in [9.17, 15) is 0 Å². The Bertz CT molecular complexity index is 433. The van der Waals surface area contributed by atoms with Crippen LogP contribution < -0.4 is 11.6 Å². The molecule has 2 rings (SSSR count). The lowest BCUT2D eigenvalue weighted by atomic mass is 10.1. The van der Waals surface area contributed by atoms with Gasteiger partial charge in [-0.15, -0.1) is 10.2 Å². The standard InChI is InChI=1S/C11H19N5O/c1-7(2)9(12)6-16(13)11(4-5-11)10-15-14-8(3)17-10/h6-7H,4-5,12-13H2,1-3H3/b9-6-. The van der Waals surface area contributed by atoms with Crippen molar-refractivity contribution in [2.24, 2.45) is 17.5 Å². The van der Waals surface area contributed by atoms with Gasteiger partial charge >= 0.3 is 0 Å². The molecule has 1 saturated carbocycles. The number of aryl methyl sites for hydroxylation is 1. The fourth-order valence-corrected chi connectivity index (χ4v) is 1.62. The van der Waals surface area contributed by atoms with Crippen LogP contribution in [0.25, 0.3) is 0 Å². The molecular formula is C11H19N5O. The summed E-state index contributed by atoms with van der Waals surface area (Å²) in [6, 6.07) is 0. The number of nitrogens with two attached hydrogens (primary N) is 2. The monoisotopic (exact) mass is 237 g/mol. The van der Waals surface area contributed by atoms with E-state index in [2.05, 4.69) is 10.2 Å². The second-order valence-electron chi connectivity index (χ2n) is 4.85. The predicted octanol–water partition coefficient (Wildman–Crippen LogP) is 0.999. The number of aromatic nitrogens is 2. The SMILES string of the molecule is Cc1nnc(C2(N(N)/C=C(\N)C(C)C)CC2)o1. The molecule has 0 aromatic carbocycles. The number of hydrazine groups is 1. The Kier molecular flexibility index (Phi) is 2.82. The van der Waals surface area contributed by atoms with Gasteiger partial charge in [-0.1, -0.05) is 13.8 Å². The first-order valence-electron chi connectivity index (χ1n) is 5.77. The Hall–Kier alpha value is -1.56. The van der Waals surface area contributed by atoms with Gasteiger partial charge in [0.25, 0.3) is 0 Å². The lowest BCUT2D eigenvalue weighted by Crippen LogP contribution is -2.38. The molecule has 0 aliphatic heterocycles. The molecule has 0 atom stereocenters. The van der Waals surface area contributed by atoms with Crippen molar-refractivity contribution in [2.45, 2.75) is 39.2 Å². The van der Waals surface area contributed by atoms with Gasteiger partial charge in [-0.05, 0) is 18.8 Å². The summed E-state index contributed by atoms with van der Waals surface area (Å²) in [4.78, 5) is 0. The molecule has 0 bridgehead atoms. The highest BCUT2D eigenvalue weighted by molar-refractivity contribution is 5.16. The van der Waals surface area contributed by atoms with Crippen LogP contribution in [0.4, 0.5) is 0 Å². The minimum Gasteiger partial charge on any atom is -0.423 e. The topological polar surface area (TPSA) is 94.2 Å². The normalized spacial score (nSPS) is 18.5. The van der Waals surface area contributed by atoms with Crippen molar-refractivity contribution in [3.05, 3.63) is 23.7 Å². The summed E-state index contributed by atoms with van der Waals surface area (Å²) >= 11 is 0. The van der Waals surface area contributed by atoms with Crippen LogP contribution in [0.3, 0.4) is 0 Å². The molecule has 1 aliphatic carbocycles. The first kappa shape index (κ1) is 11.9. The van der Waals surface area contributed by atoms with Crippen molar-refractivity contribution >= 4 is 0 Å². The molecule has 1 aromatic rings. The molecular weight excluding hydrogens is 218 g/mol. The van der Waals surface area contributed by atoms with Crippen molar-refractivity contribution in [1.29, 1.82) is 0 Å². The van der Waals surface area contributed by atoms with Crippen LogP contribution in [0, 0.1) is 12.8 Å². The maximum atomic E-state index is 6.04. The quantitative estimate of drug-likeness (QED) is 0.599. The van der Waals surface area contributed by atoms with Crippen LogP contribution in [0.15, 0.2) is 16.3 Å². The fraction of sp³-hybridized carbons (Fsp3) is 0.636. The van der Waals surface area contributed by atoms with E-state index in [0.29, 0.717) is 11.8 Å². The zero-order valence-electron chi connectivity index (χ0n) is 10.5. The summed E-state index contributed by atoms with van der Waals surface area (Å²) < 4.78 is 5.46. The average molecular weight is 237 g/mol. The van der Waals surface area contributed by atoms with Gasteiger partial charge in [0.15, 0.2) is 0 Å². The smallest absolute Gasteiger partial charge is 0.243 e. The number of rotatable bonds is 4.